The maximum absolute atomic E-state index is 13.1. The molecule has 5 aliphatic rings. The van der Waals surface area contributed by atoms with Gasteiger partial charge in [0.15, 0.2) is 11.6 Å². The molecule has 30 heavy (non-hydrogen) atoms. The minimum atomic E-state index is -0.205. The molecular weight excluding hydrogens is 368 g/mol. The van der Waals surface area contributed by atoms with Crippen molar-refractivity contribution < 1.29 is 9.59 Å². The average molecular weight is 401 g/mol. The van der Waals surface area contributed by atoms with Crippen LogP contribution in [-0.4, -0.2) is 11.6 Å². The van der Waals surface area contributed by atoms with Gasteiger partial charge in [-0.1, -0.05) is 58.9 Å². The molecule has 5 fully saturated rings. The van der Waals surface area contributed by atoms with Crippen molar-refractivity contribution in [1.29, 1.82) is 0 Å². The van der Waals surface area contributed by atoms with E-state index in [1.807, 2.05) is 0 Å². The number of carbonyl (C=O) groups is 2. The third-order valence-corrected chi connectivity index (χ3v) is 11.0. The van der Waals surface area contributed by atoms with Crippen LogP contribution in [0.25, 0.3) is 12.2 Å². The third-order valence-electron chi connectivity index (χ3n) is 11.0. The summed E-state index contributed by atoms with van der Waals surface area (Å²) in [6.07, 6.45) is 8.66. The van der Waals surface area contributed by atoms with Crippen LogP contribution in [0.15, 0.2) is 35.4 Å². The number of carbonyl (C=O) groups excluding carboxylic acids is 2. The van der Waals surface area contributed by atoms with Gasteiger partial charge in [0.05, 0.1) is 0 Å². The first-order valence-electron chi connectivity index (χ1n) is 11.7. The maximum atomic E-state index is 13.1. The Hall–Kier alpha value is -1.96. The fourth-order valence-electron chi connectivity index (χ4n) is 8.18. The molecule has 2 heteroatoms. The normalized spacial score (nSPS) is 47.6. The Kier molecular flexibility index (Phi) is 3.29. The predicted octanol–water partition coefficient (Wildman–Crippen LogP) is 6.11. The summed E-state index contributed by atoms with van der Waals surface area (Å²) in [4.78, 5) is 26.2. The molecule has 2 bridgehead atoms. The van der Waals surface area contributed by atoms with Crippen LogP contribution in [0.3, 0.4) is 0 Å². The van der Waals surface area contributed by atoms with Crippen molar-refractivity contribution in [3.05, 3.63) is 46.5 Å². The molecule has 1 aromatic rings. The van der Waals surface area contributed by atoms with E-state index in [-0.39, 0.29) is 21.7 Å². The molecule has 156 valence electrons. The largest absolute Gasteiger partial charge is 0.294 e. The van der Waals surface area contributed by atoms with Crippen LogP contribution in [0.1, 0.15) is 71.4 Å². The molecule has 6 unspecified atom stereocenters. The van der Waals surface area contributed by atoms with Crippen molar-refractivity contribution in [2.75, 3.05) is 0 Å². The highest BCUT2D eigenvalue weighted by atomic mass is 16.1. The number of hydrogen-bond donors (Lipinski definition) is 0. The lowest BCUT2D eigenvalue weighted by Gasteiger charge is -2.67. The van der Waals surface area contributed by atoms with E-state index in [1.54, 1.807) is 0 Å². The van der Waals surface area contributed by atoms with E-state index in [9.17, 15) is 9.59 Å². The number of rotatable bonds is 2. The smallest absolute Gasteiger partial charge is 0.165 e. The maximum Gasteiger partial charge on any atom is 0.165 e. The highest BCUT2D eigenvalue weighted by molar-refractivity contribution is 6.09. The van der Waals surface area contributed by atoms with Crippen LogP contribution >= 0.6 is 0 Å². The van der Waals surface area contributed by atoms with Gasteiger partial charge in [-0.15, -0.1) is 0 Å². The van der Waals surface area contributed by atoms with Crippen molar-refractivity contribution in [2.24, 2.45) is 39.4 Å². The van der Waals surface area contributed by atoms with E-state index in [2.05, 4.69) is 71.0 Å². The Balaban J connectivity index is 1.29. The molecule has 5 saturated carbocycles. The Morgan fingerprint density at radius 3 is 1.80 bits per heavy atom. The lowest BCUT2D eigenvalue weighted by atomic mass is 9.36. The zero-order chi connectivity index (χ0) is 21.3. The zero-order valence-electron chi connectivity index (χ0n) is 18.8. The highest BCUT2D eigenvalue weighted by Gasteiger charge is 2.78. The van der Waals surface area contributed by atoms with Crippen LogP contribution in [0.2, 0.25) is 0 Å². The predicted molar refractivity (Wildman–Crippen MR) is 119 cm³/mol. The minimum Gasteiger partial charge on any atom is -0.294 e. The van der Waals surface area contributed by atoms with Crippen LogP contribution in [-0.2, 0) is 9.59 Å². The second-order valence-corrected chi connectivity index (χ2v) is 12.0. The van der Waals surface area contributed by atoms with Gasteiger partial charge < -0.3 is 0 Å². The quantitative estimate of drug-likeness (QED) is 0.561. The topological polar surface area (TPSA) is 34.1 Å². The fraction of sp³-hybridized carbons (Fsp3) is 0.571. The highest BCUT2D eigenvalue weighted by Crippen LogP contribution is 2.80. The zero-order valence-corrected chi connectivity index (χ0v) is 18.8. The molecule has 2 nitrogen and oxygen atoms in total. The molecule has 0 amide bonds. The van der Waals surface area contributed by atoms with Crippen LogP contribution in [0, 0.1) is 39.4 Å². The van der Waals surface area contributed by atoms with Crippen molar-refractivity contribution in [2.45, 2.75) is 60.3 Å². The van der Waals surface area contributed by atoms with E-state index >= 15 is 0 Å². The summed E-state index contributed by atoms with van der Waals surface area (Å²) in [6, 6.07) is 8.43. The Morgan fingerprint density at radius 1 is 0.800 bits per heavy atom. The van der Waals surface area contributed by atoms with Crippen molar-refractivity contribution >= 4 is 23.7 Å². The molecule has 0 N–H and O–H groups in total. The van der Waals surface area contributed by atoms with Gasteiger partial charge in [0.1, 0.15) is 0 Å². The van der Waals surface area contributed by atoms with Gasteiger partial charge in [-0.2, -0.15) is 0 Å². The van der Waals surface area contributed by atoms with Crippen molar-refractivity contribution in [3.63, 3.8) is 0 Å². The van der Waals surface area contributed by atoms with Gasteiger partial charge in [0.25, 0.3) is 0 Å². The molecule has 0 radical (unpaired) electrons. The first-order valence-corrected chi connectivity index (χ1v) is 11.7. The Morgan fingerprint density at radius 2 is 1.33 bits per heavy atom. The number of benzene rings is 1. The number of hydrogen-bond acceptors (Lipinski definition) is 2. The average Bonchev–Trinajstić information content (AvgIpc) is 2.99. The van der Waals surface area contributed by atoms with Gasteiger partial charge in [0, 0.05) is 10.8 Å². The van der Waals surface area contributed by atoms with Gasteiger partial charge in [-0.25, -0.2) is 0 Å². The van der Waals surface area contributed by atoms with Gasteiger partial charge in [0.2, 0.25) is 0 Å². The second-order valence-electron chi connectivity index (χ2n) is 12.0. The van der Waals surface area contributed by atoms with Crippen molar-refractivity contribution in [3.8, 4) is 0 Å². The van der Waals surface area contributed by atoms with E-state index in [0.29, 0.717) is 23.4 Å². The molecule has 0 aromatic heterocycles. The standard InChI is InChI=1S/C28H32O2/c1-25(2)21-10-11-26(25,3)23(29)19(21)12-16-6-8-17(9-7-16)13-20-22-14-18-15-27(4,24(20)30)28(18,22)5/h6-9,12-13,18,21-22H,10-11,14-15H2,1-5H3/b19-12+,20-13+. The van der Waals surface area contributed by atoms with E-state index in [1.165, 1.54) is 6.42 Å². The molecule has 6 atom stereocenters. The van der Waals surface area contributed by atoms with Crippen LogP contribution in [0.4, 0.5) is 0 Å². The number of ketones is 2. The molecule has 6 rings (SSSR count). The summed E-state index contributed by atoms with van der Waals surface area (Å²) >= 11 is 0. The second kappa shape index (κ2) is 5.26. The molecule has 0 spiro atoms. The van der Waals surface area contributed by atoms with E-state index in [4.69, 9.17) is 0 Å². The summed E-state index contributed by atoms with van der Waals surface area (Å²) in [6.45, 7) is 11.2. The van der Waals surface area contributed by atoms with E-state index < -0.39 is 0 Å². The molecule has 0 heterocycles. The van der Waals surface area contributed by atoms with Crippen LogP contribution in [0.5, 0.6) is 0 Å². The summed E-state index contributed by atoms with van der Waals surface area (Å²) in [5.74, 6) is 2.31. The summed E-state index contributed by atoms with van der Waals surface area (Å²) in [5, 5.41) is 0. The molecule has 1 aromatic carbocycles. The van der Waals surface area contributed by atoms with Gasteiger partial charge in [-0.3, -0.25) is 9.59 Å². The molecule has 0 aliphatic heterocycles. The fourth-order valence-corrected chi connectivity index (χ4v) is 8.18. The monoisotopic (exact) mass is 400 g/mol. The molecule has 0 saturated heterocycles. The van der Waals surface area contributed by atoms with E-state index in [0.717, 1.165) is 47.5 Å². The Labute approximate surface area is 179 Å². The first-order chi connectivity index (χ1) is 14.0. The van der Waals surface area contributed by atoms with Gasteiger partial charge >= 0.3 is 0 Å². The summed E-state index contributed by atoms with van der Waals surface area (Å²) in [7, 11) is 0. The third kappa shape index (κ3) is 1.81. The lowest BCUT2D eigenvalue weighted by Crippen LogP contribution is -2.63. The Bertz CT molecular complexity index is 1030. The van der Waals surface area contributed by atoms with Gasteiger partial charge in [-0.05, 0) is 88.7 Å². The van der Waals surface area contributed by atoms with Crippen molar-refractivity contribution in [1.82, 2.24) is 0 Å². The summed E-state index contributed by atoms with van der Waals surface area (Å²) < 4.78 is 0. The first kappa shape index (κ1) is 18.8. The van der Waals surface area contributed by atoms with Crippen LogP contribution < -0.4 is 0 Å². The summed E-state index contributed by atoms with van der Waals surface area (Å²) in [5.41, 5.74) is 4.20. The molecule has 5 aliphatic carbocycles. The minimum absolute atomic E-state index is 0.0509. The number of Topliss-reactive ketones (excluding diaryl/α,β-unsaturated/α-hetero) is 2. The SMILES string of the molecule is CC12CCC(/C(=C\c3ccc(/C=C4/C(=O)C5(C)CC6CC4C65C)cc3)C1=O)C2(C)C. The lowest BCUT2D eigenvalue weighted by molar-refractivity contribution is -0.198. The molecular formula is C28H32O2. The number of allylic oxidation sites excluding steroid dienone is 2. The number of fused-ring (bicyclic) bond motifs is 2.